The lowest BCUT2D eigenvalue weighted by atomic mass is 10.0. The maximum atomic E-state index is 8.91. The van der Waals surface area contributed by atoms with Crippen molar-refractivity contribution in [2.75, 3.05) is 13.2 Å². The quantitative estimate of drug-likeness (QED) is 0.770. The lowest BCUT2D eigenvalue weighted by Gasteiger charge is -2.10. The Morgan fingerprint density at radius 1 is 1.23 bits per heavy atom. The van der Waals surface area contributed by atoms with Gasteiger partial charge in [0.25, 0.3) is 0 Å². The van der Waals surface area contributed by atoms with Crippen molar-refractivity contribution in [2.24, 2.45) is 11.7 Å². The first-order valence-electron chi connectivity index (χ1n) is 4.21. The number of nitrogens with two attached hydrogens (primary N) is 1. The smallest absolute Gasteiger partial charge is 0.0474 e. The molecule has 0 radical (unpaired) electrons. The van der Waals surface area contributed by atoms with Gasteiger partial charge in [-0.25, -0.2) is 0 Å². The lowest BCUT2D eigenvalue weighted by molar-refractivity contribution is 0.230. The molecule has 0 aromatic heterocycles. The maximum absolute atomic E-state index is 8.91. The Balaban J connectivity index is 0.00000144. The number of halogens is 1. The number of hydrogen-bond donors (Lipinski definition) is 2. The minimum Gasteiger partial charge on any atom is -0.396 e. The fraction of sp³-hybridized carbons (Fsp3) is 0.400. The van der Waals surface area contributed by atoms with Crippen LogP contribution in [0.25, 0.3) is 0 Å². The Morgan fingerprint density at radius 2 is 1.85 bits per heavy atom. The van der Waals surface area contributed by atoms with Crippen molar-refractivity contribution in [3.05, 3.63) is 35.9 Å². The van der Waals surface area contributed by atoms with E-state index in [1.54, 1.807) is 0 Å². The van der Waals surface area contributed by atoms with E-state index in [1.807, 2.05) is 18.2 Å². The monoisotopic (exact) mass is 201 g/mol. The van der Waals surface area contributed by atoms with E-state index in [0.29, 0.717) is 6.54 Å². The van der Waals surface area contributed by atoms with E-state index in [-0.39, 0.29) is 24.9 Å². The van der Waals surface area contributed by atoms with Gasteiger partial charge in [0, 0.05) is 6.61 Å². The van der Waals surface area contributed by atoms with E-state index in [2.05, 4.69) is 12.1 Å². The summed E-state index contributed by atoms with van der Waals surface area (Å²) in [6.45, 7) is 0.719. The minimum atomic E-state index is 0. The predicted octanol–water partition coefficient (Wildman–Crippen LogP) is 1.22. The van der Waals surface area contributed by atoms with Crippen molar-refractivity contribution >= 4 is 12.4 Å². The van der Waals surface area contributed by atoms with Gasteiger partial charge in [-0.2, -0.15) is 0 Å². The average molecular weight is 202 g/mol. The Labute approximate surface area is 85.2 Å². The zero-order valence-electron chi connectivity index (χ0n) is 7.52. The van der Waals surface area contributed by atoms with Crippen LogP contribution in [0.3, 0.4) is 0 Å². The third-order valence-corrected chi connectivity index (χ3v) is 1.96. The average Bonchev–Trinajstić information content (AvgIpc) is 2.16. The molecule has 0 saturated heterocycles. The highest BCUT2D eigenvalue weighted by Crippen LogP contribution is 2.06. The summed E-state index contributed by atoms with van der Waals surface area (Å²) in [7, 11) is 0. The minimum absolute atomic E-state index is 0. The SMILES string of the molecule is Cl.NCC(CO)Cc1ccccc1. The number of benzene rings is 1. The zero-order chi connectivity index (χ0) is 8.81. The number of hydrogen-bond acceptors (Lipinski definition) is 2. The third-order valence-electron chi connectivity index (χ3n) is 1.96. The van der Waals surface area contributed by atoms with E-state index >= 15 is 0 Å². The highest BCUT2D eigenvalue weighted by Gasteiger charge is 2.04. The molecule has 74 valence electrons. The molecule has 0 saturated carbocycles. The molecule has 1 rings (SSSR count). The summed E-state index contributed by atoms with van der Waals surface area (Å²) < 4.78 is 0. The molecule has 3 heteroatoms. The van der Waals surface area contributed by atoms with E-state index in [4.69, 9.17) is 10.8 Å². The van der Waals surface area contributed by atoms with Crippen LogP contribution in [-0.4, -0.2) is 18.3 Å². The second-order valence-electron chi connectivity index (χ2n) is 2.97. The Hall–Kier alpha value is -0.570. The summed E-state index contributed by atoms with van der Waals surface area (Å²) in [4.78, 5) is 0. The normalized spacial score (nSPS) is 11.8. The molecule has 13 heavy (non-hydrogen) atoms. The Morgan fingerprint density at radius 3 is 2.31 bits per heavy atom. The van der Waals surface area contributed by atoms with Crippen LogP contribution >= 0.6 is 12.4 Å². The van der Waals surface area contributed by atoms with Crippen LogP contribution in [0.5, 0.6) is 0 Å². The summed E-state index contributed by atoms with van der Waals surface area (Å²) in [5, 5.41) is 8.91. The van der Waals surface area contributed by atoms with Gasteiger partial charge in [0.05, 0.1) is 0 Å². The molecule has 1 atom stereocenters. The first-order chi connectivity index (χ1) is 5.86. The molecule has 0 aliphatic carbocycles. The van der Waals surface area contributed by atoms with Gasteiger partial charge in [-0.1, -0.05) is 30.3 Å². The molecule has 0 amide bonds. The van der Waals surface area contributed by atoms with Gasteiger partial charge < -0.3 is 10.8 Å². The third kappa shape index (κ3) is 4.27. The van der Waals surface area contributed by atoms with Gasteiger partial charge in [-0.15, -0.1) is 12.4 Å². The largest absolute Gasteiger partial charge is 0.396 e. The number of rotatable bonds is 4. The maximum Gasteiger partial charge on any atom is 0.0474 e. The van der Waals surface area contributed by atoms with Gasteiger partial charge in [-0.05, 0) is 24.4 Å². The van der Waals surface area contributed by atoms with Crippen molar-refractivity contribution < 1.29 is 5.11 Å². The Bertz CT molecular complexity index is 211. The summed E-state index contributed by atoms with van der Waals surface area (Å²) in [6.07, 6.45) is 0.869. The molecule has 1 aromatic carbocycles. The van der Waals surface area contributed by atoms with Crippen LogP contribution in [0.15, 0.2) is 30.3 Å². The molecule has 0 bridgehead atoms. The molecule has 1 unspecified atom stereocenters. The first-order valence-corrected chi connectivity index (χ1v) is 4.21. The number of aliphatic hydroxyl groups excluding tert-OH is 1. The molecule has 0 aliphatic rings. The molecule has 1 aromatic rings. The van der Waals surface area contributed by atoms with Crippen molar-refractivity contribution in [3.8, 4) is 0 Å². The summed E-state index contributed by atoms with van der Waals surface area (Å²) >= 11 is 0. The molecule has 3 N–H and O–H groups in total. The van der Waals surface area contributed by atoms with Gasteiger partial charge in [-0.3, -0.25) is 0 Å². The summed E-state index contributed by atoms with van der Waals surface area (Å²) in [5.41, 5.74) is 6.71. The van der Waals surface area contributed by atoms with E-state index in [0.717, 1.165) is 6.42 Å². The van der Waals surface area contributed by atoms with E-state index in [1.165, 1.54) is 5.56 Å². The van der Waals surface area contributed by atoms with Gasteiger partial charge in [0.15, 0.2) is 0 Å². The van der Waals surface area contributed by atoms with Crippen molar-refractivity contribution in [2.45, 2.75) is 6.42 Å². The summed E-state index contributed by atoms with van der Waals surface area (Å²) in [6, 6.07) is 10.1. The van der Waals surface area contributed by atoms with Gasteiger partial charge >= 0.3 is 0 Å². The lowest BCUT2D eigenvalue weighted by Crippen LogP contribution is -2.20. The highest BCUT2D eigenvalue weighted by molar-refractivity contribution is 5.85. The fourth-order valence-corrected chi connectivity index (χ4v) is 1.17. The Kier molecular flexibility index (Phi) is 6.59. The highest BCUT2D eigenvalue weighted by atomic mass is 35.5. The standard InChI is InChI=1S/C10H15NO.ClH/c11-7-10(8-12)6-9-4-2-1-3-5-9;/h1-5,10,12H,6-8,11H2;1H. The molecular formula is C10H16ClNO. The van der Waals surface area contributed by atoms with Crippen LogP contribution in [0.4, 0.5) is 0 Å². The molecule has 2 nitrogen and oxygen atoms in total. The molecule has 0 heterocycles. The zero-order valence-corrected chi connectivity index (χ0v) is 8.33. The topological polar surface area (TPSA) is 46.2 Å². The fourth-order valence-electron chi connectivity index (χ4n) is 1.17. The van der Waals surface area contributed by atoms with Gasteiger partial charge in [0.2, 0.25) is 0 Å². The van der Waals surface area contributed by atoms with E-state index < -0.39 is 0 Å². The van der Waals surface area contributed by atoms with Crippen LogP contribution < -0.4 is 5.73 Å². The predicted molar refractivity (Wildman–Crippen MR) is 57.0 cm³/mol. The second kappa shape index (κ2) is 6.89. The summed E-state index contributed by atoms with van der Waals surface area (Å²) in [5.74, 6) is 0.201. The van der Waals surface area contributed by atoms with Gasteiger partial charge in [0.1, 0.15) is 0 Å². The molecule has 0 fully saturated rings. The molecule has 0 aliphatic heterocycles. The van der Waals surface area contributed by atoms with E-state index in [9.17, 15) is 0 Å². The van der Waals surface area contributed by atoms with Crippen LogP contribution in [0.1, 0.15) is 5.56 Å². The van der Waals surface area contributed by atoms with Crippen LogP contribution in [0, 0.1) is 5.92 Å². The van der Waals surface area contributed by atoms with Crippen LogP contribution in [0.2, 0.25) is 0 Å². The van der Waals surface area contributed by atoms with Crippen molar-refractivity contribution in [1.82, 2.24) is 0 Å². The van der Waals surface area contributed by atoms with Crippen LogP contribution in [-0.2, 0) is 6.42 Å². The van der Waals surface area contributed by atoms with Crippen molar-refractivity contribution in [3.63, 3.8) is 0 Å². The first kappa shape index (κ1) is 12.4. The molecular weight excluding hydrogens is 186 g/mol. The van der Waals surface area contributed by atoms with Crippen molar-refractivity contribution in [1.29, 1.82) is 0 Å². The second-order valence-corrected chi connectivity index (χ2v) is 2.97. The molecule has 0 spiro atoms. The number of aliphatic hydroxyl groups is 1.